The first kappa shape index (κ1) is 11.1. The van der Waals surface area contributed by atoms with Crippen molar-refractivity contribution in [3.05, 3.63) is 0 Å². The third-order valence-electron chi connectivity index (χ3n) is 5.54. The van der Waals surface area contributed by atoms with Gasteiger partial charge in [-0.1, -0.05) is 25.7 Å². The Kier molecular flexibility index (Phi) is 2.78. The van der Waals surface area contributed by atoms with Crippen molar-refractivity contribution >= 4 is 0 Å². The predicted octanol–water partition coefficient (Wildman–Crippen LogP) is 3.75. The van der Waals surface area contributed by atoms with Crippen molar-refractivity contribution in [1.29, 1.82) is 0 Å². The quantitative estimate of drug-likeness (QED) is 0.768. The molecule has 3 aliphatic carbocycles. The van der Waals surface area contributed by atoms with E-state index in [2.05, 4.69) is 6.92 Å². The zero-order chi connectivity index (χ0) is 11.2. The number of hydrogen-bond donors (Lipinski definition) is 1. The lowest BCUT2D eigenvalue weighted by Crippen LogP contribution is -2.33. The molecule has 0 radical (unpaired) electrons. The summed E-state index contributed by atoms with van der Waals surface area (Å²) < 4.78 is 0. The molecule has 4 atom stereocenters. The molecule has 16 heavy (non-hydrogen) atoms. The van der Waals surface area contributed by atoms with Crippen LogP contribution in [0.2, 0.25) is 0 Å². The molecule has 0 aromatic rings. The Morgan fingerprint density at radius 1 is 1.06 bits per heavy atom. The highest BCUT2D eigenvalue weighted by Gasteiger charge is 2.42. The van der Waals surface area contributed by atoms with Gasteiger partial charge >= 0.3 is 0 Å². The Morgan fingerprint density at radius 3 is 2.38 bits per heavy atom. The minimum atomic E-state index is -0.361. The summed E-state index contributed by atoms with van der Waals surface area (Å²) in [5, 5.41) is 10.5. The first-order valence-electron chi connectivity index (χ1n) is 7.35. The fourth-order valence-corrected chi connectivity index (χ4v) is 4.59. The van der Waals surface area contributed by atoms with Crippen molar-refractivity contribution in [3.63, 3.8) is 0 Å². The second-order valence-corrected chi connectivity index (χ2v) is 7.14. The van der Waals surface area contributed by atoms with Crippen LogP contribution in [0.15, 0.2) is 0 Å². The van der Waals surface area contributed by atoms with Crippen LogP contribution in [0.25, 0.3) is 0 Å². The van der Waals surface area contributed by atoms with E-state index in [4.69, 9.17) is 0 Å². The largest absolute Gasteiger partial charge is 0.390 e. The van der Waals surface area contributed by atoms with E-state index in [9.17, 15) is 5.11 Å². The van der Waals surface area contributed by atoms with Gasteiger partial charge in [0.05, 0.1) is 5.60 Å². The fourth-order valence-electron chi connectivity index (χ4n) is 4.59. The maximum atomic E-state index is 10.5. The van der Waals surface area contributed by atoms with Crippen molar-refractivity contribution in [2.75, 3.05) is 0 Å². The minimum Gasteiger partial charge on any atom is -0.390 e. The summed E-state index contributed by atoms with van der Waals surface area (Å²) >= 11 is 0. The number of rotatable bonds is 4. The Bertz CT molecular complexity index is 254. The van der Waals surface area contributed by atoms with E-state index < -0.39 is 0 Å². The normalized spacial score (nSPS) is 42.0. The molecule has 0 saturated heterocycles. The van der Waals surface area contributed by atoms with Gasteiger partial charge in [-0.15, -0.1) is 0 Å². The van der Waals surface area contributed by atoms with Crippen LogP contribution in [0.1, 0.15) is 64.7 Å². The molecule has 4 unspecified atom stereocenters. The van der Waals surface area contributed by atoms with E-state index in [1.165, 1.54) is 44.9 Å². The first-order valence-corrected chi connectivity index (χ1v) is 7.35. The van der Waals surface area contributed by atoms with Gasteiger partial charge < -0.3 is 5.11 Å². The second kappa shape index (κ2) is 4.01. The van der Waals surface area contributed by atoms with Gasteiger partial charge in [0.15, 0.2) is 0 Å². The Balaban J connectivity index is 1.52. The highest BCUT2D eigenvalue weighted by atomic mass is 16.3. The van der Waals surface area contributed by atoms with Crippen LogP contribution in [0.3, 0.4) is 0 Å². The molecular formula is C15H26O. The van der Waals surface area contributed by atoms with Gasteiger partial charge in [-0.2, -0.15) is 0 Å². The lowest BCUT2D eigenvalue weighted by Gasteiger charge is -2.36. The van der Waals surface area contributed by atoms with Crippen LogP contribution < -0.4 is 0 Å². The molecular weight excluding hydrogens is 196 g/mol. The lowest BCUT2D eigenvalue weighted by molar-refractivity contribution is -0.00819. The monoisotopic (exact) mass is 222 g/mol. The zero-order valence-electron chi connectivity index (χ0n) is 10.6. The molecule has 2 bridgehead atoms. The fraction of sp³-hybridized carbons (Fsp3) is 1.00. The highest BCUT2D eigenvalue weighted by Crippen LogP contribution is 2.51. The average Bonchev–Trinajstić information content (AvgIpc) is 2.72. The number of hydrogen-bond acceptors (Lipinski definition) is 1. The summed E-state index contributed by atoms with van der Waals surface area (Å²) in [6.45, 7) is 2.09. The zero-order valence-corrected chi connectivity index (χ0v) is 10.6. The summed E-state index contributed by atoms with van der Waals surface area (Å²) in [7, 11) is 0. The summed E-state index contributed by atoms with van der Waals surface area (Å²) in [5.74, 6) is 3.69. The molecule has 0 amide bonds. The molecule has 0 heterocycles. The van der Waals surface area contributed by atoms with Crippen LogP contribution in [0.5, 0.6) is 0 Å². The van der Waals surface area contributed by atoms with E-state index in [1.54, 1.807) is 0 Å². The van der Waals surface area contributed by atoms with Crippen molar-refractivity contribution in [1.82, 2.24) is 0 Å². The molecule has 3 rings (SSSR count). The highest BCUT2D eigenvalue weighted by molar-refractivity contribution is 4.94. The van der Waals surface area contributed by atoms with Crippen LogP contribution in [0, 0.1) is 23.7 Å². The van der Waals surface area contributed by atoms with Gasteiger partial charge in [0, 0.05) is 0 Å². The van der Waals surface area contributed by atoms with Crippen LogP contribution in [-0.4, -0.2) is 10.7 Å². The third-order valence-corrected chi connectivity index (χ3v) is 5.54. The topological polar surface area (TPSA) is 20.2 Å². The van der Waals surface area contributed by atoms with Crippen molar-refractivity contribution in [3.8, 4) is 0 Å². The average molecular weight is 222 g/mol. The van der Waals surface area contributed by atoms with Crippen LogP contribution >= 0.6 is 0 Å². The van der Waals surface area contributed by atoms with E-state index in [-0.39, 0.29) is 5.60 Å². The summed E-state index contributed by atoms with van der Waals surface area (Å²) in [5.41, 5.74) is -0.361. The molecule has 1 nitrogen and oxygen atoms in total. The molecule has 1 N–H and O–H groups in total. The molecule has 0 aromatic heterocycles. The maximum absolute atomic E-state index is 10.5. The number of fused-ring (bicyclic) bond motifs is 2. The van der Waals surface area contributed by atoms with Crippen molar-refractivity contribution < 1.29 is 5.11 Å². The first-order chi connectivity index (χ1) is 7.62. The Hall–Kier alpha value is -0.0400. The summed E-state index contributed by atoms with van der Waals surface area (Å²) in [6, 6.07) is 0. The predicted molar refractivity (Wildman–Crippen MR) is 66.1 cm³/mol. The minimum absolute atomic E-state index is 0.361. The van der Waals surface area contributed by atoms with E-state index in [0.717, 1.165) is 36.5 Å². The molecule has 3 fully saturated rings. The summed E-state index contributed by atoms with van der Waals surface area (Å²) in [6.07, 6.45) is 12.1. The van der Waals surface area contributed by atoms with Gasteiger partial charge in [-0.25, -0.2) is 0 Å². The van der Waals surface area contributed by atoms with Crippen molar-refractivity contribution in [2.45, 2.75) is 70.3 Å². The van der Waals surface area contributed by atoms with Gasteiger partial charge in [0.2, 0.25) is 0 Å². The molecule has 92 valence electrons. The molecule has 1 heteroatoms. The molecule has 0 spiro atoms. The van der Waals surface area contributed by atoms with E-state index >= 15 is 0 Å². The summed E-state index contributed by atoms with van der Waals surface area (Å²) in [4.78, 5) is 0. The van der Waals surface area contributed by atoms with Gasteiger partial charge in [-0.05, 0) is 62.7 Å². The van der Waals surface area contributed by atoms with Crippen LogP contribution in [-0.2, 0) is 0 Å². The molecule has 0 aliphatic heterocycles. The van der Waals surface area contributed by atoms with Gasteiger partial charge in [0.1, 0.15) is 0 Å². The maximum Gasteiger partial charge on any atom is 0.0625 e. The van der Waals surface area contributed by atoms with E-state index in [0.29, 0.717) is 0 Å². The SMILES string of the molecule is CC(O)(CC1CCC1)CC1CC2CCC1C2. The lowest BCUT2D eigenvalue weighted by atomic mass is 9.73. The van der Waals surface area contributed by atoms with E-state index in [1.807, 2.05) is 0 Å². The molecule has 3 saturated carbocycles. The Morgan fingerprint density at radius 2 is 1.88 bits per heavy atom. The standard InChI is InChI=1S/C15H26O/c1-15(16,9-11-3-2-4-11)10-14-8-12-5-6-13(14)7-12/h11-14,16H,2-10H2,1H3. The van der Waals surface area contributed by atoms with Gasteiger partial charge in [0.25, 0.3) is 0 Å². The van der Waals surface area contributed by atoms with Crippen molar-refractivity contribution in [2.24, 2.45) is 23.7 Å². The van der Waals surface area contributed by atoms with Gasteiger partial charge in [-0.3, -0.25) is 0 Å². The molecule has 0 aromatic carbocycles. The smallest absolute Gasteiger partial charge is 0.0625 e. The Labute approximate surface area is 99.6 Å². The third kappa shape index (κ3) is 2.16. The number of aliphatic hydroxyl groups is 1. The van der Waals surface area contributed by atoms with Crippen LogP contribution in [0.4, 0.5) is 0 Å². The second-order valence-electron chi connectivity index (χ2n) is 7.14. The molecule has 3 aliphatic rings.